The summed E-state index contributed by atoms with van der Waals surface area (Å²) < 4.78 is 7.39. The number of aliphatic imine (C=N–C) groups is 1. The quantitative estimate of drug-likeness (QED) is 0.231. The topological polar surface area (TPSA) is 67.4 Å². The standard InChI is InChI=1S/C20H33N5O.HI/c1-5-8-12-21-20(22-13-11-16-10-9-14-26-16)23-15-17-18(6-2)24-25(4)19(17)7-3;/h9-10,14H,5-8,11-13,15H2,1-4H3,(H2,21,22,23);1H. The first-order chi connectivity index (χ1) is 12.7. The average molecular weight is 487 g/mol. The van der Waals surface area contributed by atoms with Crippen molar-refractivity contribution in [1.29, 1.82) is 0 Å². The smallest absolute Gasteiger partial charge is 0.191 e. The van der Waals surface area contributed by atoms with Gasteiger partial charge in [0, 0.05) is 37.8 Å². The number of nitrogens with one attached hydrogen (secondary N) is 2. The molecule has 0 aliphatic carbocycles. The van der Waals surface area contributed by atoms with Crippen LogP contribution in [0.1, 0.15) is 56.3 Å². The van der Waals surface area contributed by atoms with Crippen LogP contribution in [0.5, 0.6) is 0 Å². The lowest BCUT2D eigenvalue weighted by Gasteiger charge is -2.12. The number of unbranched alkanes of at least 4 members (excludes halogenated alkanes) is 1. The number of furan rings is 1. The number of aromatic nitrogens is 2. The Balaban J connectivity index is 0.00000364. The van der Waals surface area contributed by atoms with Crippen molar-refractivity contribution in [3.05, 3.63) is 41.1 Å². The van der Waals surface area contributed by atoms with Gasteiger partial charge in [0.05, 0.1) is 18.5 Å². The SMILES string of the molecule is CCCCNC(=NCc1c(CC)nn(C)c1CC)NCCc1ccco1.I. The second kappa shape index (κ2) is 12.8. The Hall–Kier alpha value is -1.51. The summed E-state index contributed by atoms with van der Waals surface area (Å²) >= 11 is 0. The molecule has 2 N–H and O–H groups in total. The van der Waals surface area contributed by atoms with Crippen molar-refractivity contribution in [2.45, 2.75) is 59.4 Å². The van der Waals surface area contributed by atoms with Gasteiger partial charge in [0.15, 0.2) is 5.96 Å². The molecule has 0 aromatic carbocycles. The van der Waals surface area contributed by atoms with Gasteiger partial charge in [-0.3, -0.25) is 4.68 Å². The Bertz CT molecular complexity index is 679. The van der Waals surface area contributed by atoms with Crippen LogP contribution in [-0.2, 0) is 32.9 Å². The van der Waals surface area contributed by atoms with Crippen LogP contribution in [0.4, 0.5) is 0 Å². The molecule has 2 heterocycles. The Morgan fingerprint density at radius 1 is 1.19 bits per heavy atom. The highest BCUT2D eigenvalue weighted by Crippen LogP contribution is 2.16. The lowest BCUT2D eigenvalue weighted by Crippen LogP contribution is -2.39. The molecular weight excluding hydrogens is 453 g/mol. The molecule has 0 amide bonds. The van der Waals surface area contributed by atoms with Crippen molar-refractivity contribution < 1.29 is 4.42 Å². The van der Waals surface area contributed by atoms with Gasteiger partial charge < -0.3 is 15.1 Å². The fraction of sp³-hybridized carbons (Fsp3) is 0.600. The van der Waals surface area contributed by atoms with Gasteiger partial charge in [0.25, 0.3) is 0 Å². The zero-order chi connectivity index (χ0) is 18.8. The lowest BCUT2D eigenvalue weighted by atomic mass is 10.1. The van der Waals surface area contributed by atoms with Crippen LogP contribution >= 0.6 is 24.0 Å². The minimum atomic E-state index is 0. The Morgan fingerprint density at radius 2 is 1.96 bits per heavy atom. The minimum Gasteiger partial charge on any atom is -0.469 e. The zero-order valence-electron chi connectivity index (χ0n) is 17.0. The Labute approximate surface area is 180 Å². The van der Waals surface area contributed by atoms with Crippen LogP contribution in [0.15, 0.2) is 27.8 Å². The molecular formula is C20H34IN5O. The molecule has 0 saturated heterocycles. The van der Waals surface area contributed by atoms with E-state index in [4.69, 9.17) is 9.41 Å². The molecule has 0 aliphatic heterocycles. The number of rotatable bonds is 10. The van der Waals surface area contributed by atoms with Gasteiger partial charge in [0.1, 0.15) is 5.76 Å². The van der Waals surface area contributed by atoms with Crippen LogP contribution in [0.2, 0.25) is 0 Å². The second-order valence-electron chi connectivity index (χ2n) is 6.40. The van der Waals surface area contributed by atoms with Crippen molar-refractivity contribution in [1.82, 2.24) is 20.4 Å². The molecule has 2 aromatic heterocycles. The number of hydrogen-bond acceptors (Lipinski definition) is 3. The third-order valence-corrected chi connectivity index (χ3v) is 4.49. The largest absolute Gasteiger partial charge is 0.469 e. The highest BCUT2D eigenvalue weighted by atomic mass is 127. The predicted molar refractivity (Wildman–Crippen MR) is 122 cm³/mol. The number of aryl methyl sites for hydroxylation is 2. The molecule has 2 aromatic rings. The van der Waals surface area contributed by atoms with Gasteiger partial charge in [-0.2, -0.15) is 5.10 Å². The van der Waals surface area contributed by atoms with E-state index in [2.05, 4.69) is 36.5 Å². The third-order valence-electron chi connectivity index (χ3n) is 4.49. The molecule has 0 unspecified atom stereocenters. The van der Waals surface area contributed by atoms with Gasteiger partial charge in [0.2, 0.25) is 0 Å². The fourth-order valence-corrected chi connectivity index (χ4v) is 3.05. The molecule has 27 heavy (non-hydrogen) atoms. The van der Waals surface area contributed by atoms with Crippen LogP contribution in [0, 0.1) is 0 Å². The van der Waals surface area contributed by atoms with Crippen molar-refractivity contribution in [3.63, 3.8) is 0 Å². The number of hydrogen-bond donors (Lipinski definition) is 2. The molecule has 0 bridgehead atoms. The molecule has 7 heteroatoms. The number of halogens is 1. The van der Waals surface area contributed by atoms with Gasteiger partial charge >= 0.3 is 0 Å². The zero-order valence-corrected chi connectivity index (χ0v) is 19.4. The Morgan fingerprint density at radius 3 is 2.59 bits per heavy atom. The van der Waals surface area contributed by atoms with Crippen molar-refractivity contribution in [2.24, 2.45) is 12.0 Å². The molecule has 6 nitrogen and oxygen atoms in total. The average Bonchev–Trinajstić information content (AvgIpc) is 3.26. The number of nitrogens with zero attached hydrogens (tertiary/aromatic N) is 3. The highest BCUT2D eigenvalue weighted by Gasteiger charge is 2.13. The minimum absolute atomic E-state index is 0. The molecule has 0 fully saturated rings. The monoisotopic (exact) mass is 487 g/mol. The second-order valence-corrected chi connectivity index (χ2v) is 6.40. The van der Waals surface area contributed by atoms with E-state index in [-0.39, 0.29) is 24.0 Å². The third kappa shape index (κ3) is 7.20. The molecule has 152 valence electrons. The van der Waals surface area contributed by atoms with Gasteiger partial charge in [-0.05, 0) is 31.4 Å². The van der Waals surface area contributed by atoms with Crippen molar-refractivity contribution in [3.8, 4) is 0 Å². The molecule has 0 spiro atoms. The van der Waals surface area contributed by atoms with E-state index in [1.807, 2.05) is 23.9 Å². The summed E-state index contributed by atoms with van der Waals surface area (Å²) in [5.74, 6) is 1.84. The van der Waals surface area contributed by atoms with Gasteiger partial charge in [-0.25, -0.2) is 4.99 Å². The summed E-state index contributed by atoms with van der Waals surface area (Å²) in [6.07, 6.45) is 6.75. The highest BCUT2D eigenvalue weighted by molar-refractivity contribution is 14.0. The van der Waals surface area contributed by atoms with Crippen LogP contribution < -0.4 is 10.6 Å². The van der Waals surface area contributed by atoms with E-state index in [1.54, 1.807) is 6.26 Å². The first kappa shape index (κ1) is 23.5. The summed E-state index contributed by atoms with van der Waals surface area (Å²) in [5, 5.41) is 11.5. The van der Waals surface area contributed by atoms with Crippen molar-refractivity contribution >= 4 is 29.9 Å². The molecule has 0 radical (unpaired) electrons. The van der Waals surface area contributed by atoms with Crippen molar-refractivity contribution in [2.75, 3.05) is 13.1 Å². The van der Waals surface area contributed by atoms with E-state index in [9.17, 15) is 0 Å². The van der Waals surface area contributed by atoms with Crippen LogP contribution in [0.25, 0.3) is 0 Å². The maximum atomic E-state index is 5.40. The molecule has 0 saturated carbocycles. The van der Waals surface area contributed by atoms with E-state index in [1.165, 1.54) is 11.3 Å². The van der Waals surface area contributed by atoms with Gasteiger partial charge in [-0.15, -0.1) is 24.0 Å². The van der Waals surface area contributed by atoms with E-state index in [0.717, 1.165) is 62.6 Å². The Kier molecular flexibility index (Phi) is 11.2. The lowest BCUT2D eigenvalue weighted by molar-refractivity contribution is 0.506. The summed E-state index contributed by atoms with van der Waals surface area (Å²) in [6.45, 7) is 8.89. The van der Waals surface area contributed by atoms with Gasteiger partial charge in [-0.1, -0.05) is 27.2 Å². The first-order valence-corrected chi connectivity index (χ1v) is 9.77. The van der Waals surface area contributed by atoms with Crippen LogP contribution in [0.3, 0.4) is 0 Å². The van der Waals surface area contributed by atoms with E-state index in [0.29, 0.717) is 6.54 Å². The molecule has 0 aliphatic rings. The fourth-order valence-electron chi connectivity index (χ4n) is 3.05. The summed E-state index contributed by atoms with van der Waals surface area (Å²) in [4.78, 5) is 4.83. The normalized spacial score (nSPS) is 11.3. The number of guanidine groups is 1. The first-order valence-electron chi connectivity index (χ1n) is 9.77. The van der Waals surface area contributed by atoms with E-state index >= 15 is 0 Å². The maximum Gasteiger partial charge on any atom is 0.191 e. The van der Waals surface area contributed by atoms with Crippen LogP contribution in [-0.4, -0.2) is 28.8 Å². The molecule has 2 rings (SSSR count). The summed E-state index contributed by atoms with van der Waals surface area (Å²) in [7, 11) is 2.02. The summed E-state index contributed by atoms with van der Waals surface area (Å²) in [6, 6.07) is 3.92. The molecule has 0 atom stereocenters. The van der Waals surface area contributed by atoms with E-state index < -0.39 is 0 Å². The predicted octanol–water partition coefficient (Wildman–Crippen LogP) is 3.83. The maximum absolute atomic E-state index is 5.40. The summed E-state index contributed by atoms with van der Waals surface area (Å²) in [5.41, 5.74) is 3.69.